The Balaban J connectivity index is 0. The van der Waals surface area contributed by atoms with Crippen molar-refractivity contribution >= 4 is 0 Å². The SMILES string of the molecule is CC.CCC(CC#N)OC(C)C. The minimum Gasteiger partial charge on any atom is -0.375 e. The van der Waals surface area contributed by atoms with E-state index in [1.807, 2.05) is 34.6 Å². The summed E-state index contributed by atoms with van der Waals surface area (Å²) in [6.07, 6.45) is 1.80. The van der Waals surface area contributed by atoms with Gasteiger partial charge in [-0.3, -0.25) is 0 Å². The molecule has 0 spiro atoms. The zero-order valence-corrected chi connectivity index (χ0v) is 8.92. The van der Waals surface area contributed by atoms with Gasteiger partial charge in [-0.15, -0.1) is 0 Å². The molecule has 0 saturated heterocycles. The van der Waals surface area contributed by atoms with Gasteiger partial charge < -0.3 is 4.74 Å². The van der Waals surface area contributed by atoms with Gasteiger partial charge in [0.2, 0.25) is 0 Å². The zero-order chi connectivity index (χ0) is 9.98. The highest BCUT2D eigenvalue weighted by Crippen LogP contribution is 2.05. The number of nitriles is 1. The fraction of sp³-hybridized carbons (Fsp3) is 0.900. The summed E-state index contributed by atoms with van der Waals surface area (Å²) in [5, 5.41) is 8.35. The van der Waals surface area contributed by atoms with Gasteiger partial charge in [-0.05, 0) is 20.3 Å². The zero-order valence-electron chi connectivity index (χ0n) is 8.92. The lowest BCUT2D eigenvalue weighted by molar-refractivity contribution is 0.00889. The van der Waals surface area contributed by atoms with Gasteiger partial charge in [0.15, 0.2) is 0 Å². The fourth-order valence-electron chi connectivity index (χ4n) is 0.775. The van der Waals surface area contributed by atoms with Crippen LogP contribution in [0.1, 0.15) is 47.5 Å². The lowest BCUT2D eigenvalue weighted by Crippen LogP contribution is -2.15. The molecule has 0 aliphatic heterocycles. The molecule has 0 saturated carbocycles. The summed E-state index contributed by atoms with van der Waals surface area (Å²) in [4.78, 5) is 0. The third-order valence-electron chi connectivity index (χ3n) is 1.24. The van der Waals surface area contributed by atoms with E-state index in [1.54, 1.807) is 0 Å². The number of nitrogens with zero attached hydrogens (tertiary/aromatic N) is 1. The second kappa shape index (κ2) is 10.4. The Morgan fingerprint density at radius 3 is 2.08 bits per heavy atom. The minimum absolute atomic E-state index is 0.130. The largest absolute Gasteiger partial charge is 0.375 e. The molecule has 0 aromatic carbocycles. The normalized spacial score (nSPS) is 11.4. The molecule has 0 aliphatic rings. The molecule has 12 heavy (non-hydrogen) atoms. The summed E-state index contributed by atoms with van der Waals surface area (Å²) in [6.45, 7) is 10.0. The summed E-state index contributed by atoms with van der Waals surface area (Å²) in [6, 6.07) is 2.10. The third-order valence-corrected chi connectivity index (χ3v) is 1.24. The first-order valence-corrected chi connectivity index (χ1v) is 4.73. The average molecular weight is 171 g/mol. The number of ether oxygens (including phenoxy) is 1. The van der Waals surface area contributed by atoms with Crippen molar-refractivity contribution < 1.29 is 4.74 Å². The lowest BCUT2D eigenvalue weighted by atomic mass is 10.2. The van der Waals surface area contributed by atoms with E-state index in [1.165, 1.54) is 0 Å². The Morgan fingerprint density at radius 1 is 1.33 bits per heavy atom. The second-order valence-electron chi connectivity index (χ2n) is 2.58. The van der Waals surface area contributed by atoms with Gasteiger partial charge >= 0.3 is 0 Å². The Kier molecular flexibility index (Phi) is 12.2. The molecule has 0 aliphatic carbocycles. The summed E-state index contributed by atoms with van der Waals surface area (Å²) in [7, 11) is 0. The van der Waals surface area contributed by atoms with Crippen LogP contribution in [0.3, 0.4) is 0 Å². The Labute approximate surface area is 76.5 Å². The molecule has 0 aromatic heterocycles. The molecule has 0 amide bonds. The maximum absolute atomic E-state index is 8.35. The van der Waals surface area contributed by atoms with Gasteiger partial charge in [-0.1, -0.05) is 20.8 Å². The van der Waals surface area contributed by atoms with Crippen molar-refractivity contribution in [2.24, 2.45) is 0 Å². The highest BCUT2D eigenvalue weighted by atomic mass is 16.5. The molecule has 0 fully saturated rings. The Bertz CT molecular complexity index is 115. The number of hydrogen-bond acceptors (Lipinski definition) is 2. The molecule has 2 heteroatoms. The van der Waals surface area contributed by atoms with Gasteiger partial charge in [0.1, 0.15) is 0 Å². The molecular formula is C10H21NO. The maximum atomic E-state index is 8.35. The molecule has 0 heterocycles. The third kappa shape index (κ3) is 9.45. The highest BCUT2D eigenvalue weighted by Gasteiger charge is 2.06. The van der Waals surface area contributed by atoms with Crippen LogP contribution < -0.4 is 0 Å². The van der Waals surface area contributed by atoms with Crippen molar-refractivity contribution in [3.8, 4) is 6.07 Å². The molecule has 0 rings (SSSR count). The molecule has 1 unspecified atom stereocenters. The van der Waals surface area contributed by atoms with Crippen molar-refractivity contribution in [3.05, 3.63) is 0 Å². The highest BCUT2D eigenvalue weighted by molar-refractivity contribution is 4.75. The predicted octanol–water partition coefficient (Wildman–Crippen LogP) is 3.13. The number of hydrogen-bond donors (Lipinski definition) is 0. The Morgan fingerprint density at radius 2 is 1.83 bits per heavy atom. The van der Waals surface area contributed by atoms with Crippen LogP contribution in [0.15, 0.2) is 0 Å². The average Bonchev–Trinajstić information content (AvgIpc) is 2.07. The summed E-state index contributed by atoms with van der Waals surface area (Å²) in [5.74, 6) is 0. The molecule has 0 aromatic rings. The van der Waals surface area contributed by atoms with E-state index in [0.717, 1.165) is 6.42 Å². The van der Waals surface area contributed by atoms with E-state index < -0.39 is 0 Å². The Hall–Kier alpha value is -0.550. The lowest BCUT2D eigenvalue weighted by Gasteiger charge is -2.15. The quantitative estimate of drug-likeness (QED) is 0.651. The molecule has 72 valence electrons. The van der Waals surface area contributed by atoms with Crippen LogP contribution in [0.2, 0.25) is 0 Å². The molecule has 0 N–H and O–H groups in total. The summed E-state index contributed by atoms with van der Waals surface area (Å²) < 4.78 is 5.42. The maximum Gasteiger partial charge on any atom is 0.0705 e. The molecule has 1 atom stereocenters. The number of rotatable bonds is 4. The van der Waals surface area contributed by atoms with Gasteiger partial charge in [0.05, 0.1) is 24.7 Å². The van der Waals surface area contributed by atoms with Gasteiger partial charge in [0.25, 0.3) is 0 Å². The molecule has 2 nitrogen and oxygen atoms in total. The van der Waals surface area contributed by atoms with Crippen molar-refractivity contribution in [2.45, 2.75) is 59.7 Å². The summed E-state index contributed by atoms with van der Waals surface area (Å²) in [5.41, 5.74) is 0. The van der Waals surface area contributed by atoms with E-state index in [-0.39, 0.29) is 12.2 Å². The van der Waals surface area contributed by atoms with Crippen LogP contribution in [-0.4, -0.2) is 12.2 Å². The van der Waals surface area contributed by atoms with Crippen molar-refractivity contribution in [1.29, 1.82) is 5.26 Å². The second-order valence-corrected chi connectivity index (χ2v) is 2.58. The summed E-state index contributed by atoms with van der Waals surface area (Å²) >= 11 is 0. The van der Waals surface area contributed by atoms with Gasteiger partial charge in [-0.25, -0.2) is 0 Å². The van der Waals surface area contributed by atoms with Gasteiger partial charge in [0, 0.05) is 0 Å². The van der Waals surface area contributed by atoms with Crippen LogP contribution in [0.4, 0.5) is 0 Å². The van der Waals surface area contributed by atoms with E-state index >= 15 is 0 Å². The van der Waals surface area contributed by atoms with E-state index in [0.29, 0.717) is 6.42 Å². The molecule has 0 bridgehead atoms. The first kappa shape index (κ1) is 14.0. The predicted molar refractivity (Wildman–Crippen MR) is 51.9 cm³/mol. The van der Waals surface area contributed by atoms with Crippen LogP contribution in [0, 0.1) is 11.3 Å². The van der Waals surface area contributed by atoms with E-state index in [2.05, 4.69) is 6.07 Å². The van der Waals surface area contributed by atoms with Crippen LogP contribution in [0.5, 0.6) is 0 Å². The van der Waals surface area contributed by atoms with Gasteiger partial charge in [-0.2, -0.15) is 5.26 Å². The molecular weight excluding hydrogens is 150 g/mol. The van der Waals surface area contributed by atoms with Crippen molar-refractivity contribution in [3.63, 3.8) is 0 Å². The van der Waals surface area contributed by atoms with E-state index in [4.69, 9.17) is 10.00 Å². The van der Waals surface area contributed by atoms with Crippen molar-refractivity contribution in [2.75, 3.05) is 0 Å². The smallest absolute Gasteiger partial charge is 0.0705 e. The van der Waals surface area contributed by atoms with Crippen LogP contribution in [0.25, 0.3) is 0 Å². The molecule has 0 radical (unpaired) electrons. The topological polar surface area (TPSA) is 33.0 Å². The monoisotopic (exact) mass is 171 g/mol. The minimum atomic E-state index is 0.130. The fourth-order valence-corrected chi connectivity index (χ4v) is 0.775. The van der Waals surface area contributed by atoms with Crippen molar-refractivity contribution in [1.82, 2.24) is 0 Å². The first-order valence-electron chi connectivity index (χ1n) is 4.73. The van der Waals surface area contributed by atoms with E-state index in [9.17, 15) is 0 Å². The van der Waals surface area contributed by atoms with Crippen LogP contribution >= 0.6 is 0 Å². The van der Waals surface area contributed by atoms with Crippen LogP contribution in [-0.2, 0) is 4.74 Å². The first-order chi connectivity index (χ1) is 5.70. The standard InChI is InChI=1S/C8H15NO.C2H6/c1-4-8(5-6-9)10-7(2)3;1-2/h7-8H,4-5H2,1-3H3;1-2H3.